The zero-order chi connectivity index (χ0) is 23.0. The van der Waals surface area contributed by atoms with E-state index in [-0.39, 0.29) is 17.5 Å². The molecule has 9 heteroatoms. The highest BCUT2D eigenvalue weighted by molar-refractivity contribution is 7.99. The van der Waals surface area contributed by atoms with E-state index in [1.807, 2.05) is 59.2 Å². The molecule has 1 heterocycles. The molecule has 1 aromatic heterocycles. The number of nitrogens with zero attached hydrogens (tertiary/aromatic N) is 4. The molecule has 0 fully saturated rings. The van der Waals surface area contributed by atoms with Crippen molar-refractivity contribution in [3.8, 4) is 22.8 Å². The van der Waals surface area contributed by atoms with E-state index in [4.69, 9.17) is 4.74 Å². The molecule has 0 unspecified atom stereocenters. The molecule has 3 aromatic carbocycles. The molecule has 0 aliphatic carbocycles. The van der Waals surface area contributed by atoms with Gasteiger partial charge in [0.25, 0.3) is 5.91 Å². The number of amides is 1. The Bertz CT molecular complexity index is 1240. The van der Waals surface area contributed by atoms with Gasteiger partial charge < -0.3 is 4.74 Å². The van der Waals surface area contributed by atoms with Crippen molar-refractivity contribution in [3.63, 3.8) is 0 Å². The molecule has 4 rings (SSSR count). The molecule has 33 heavy (non-hydrogen) atoms. The van der Waals surface area contributed by atoms with Crippen LogP contribution in [0.3, 0.4) is 0 Å². The fourth-order valence-electron chi connectivity index (χ4n) is 2.99. The lowest BCUT2D eigenvalue weighted by molar-refractivity contribution is -0.118. The van der Waals surface area contributed by atoms with Crippen LogP contribution in [0.5, 0.6) is 5.75 Å². The Morgan fingerprint density at radius 3 is 2.48 bits per heavy atom. The molecule has 4 aromatic rings. The first-order chi connectivity index (χ1) is 16.1. The van der Waals surface area contributed by atoms with Gasteiger partial charge >= 0.3 is 0 Å². The predicted octanol–water partition coefficient (Wildman–Crippen LogP) is 4.32. The maximum absolute atomic E-state index is 13.0. The van der Waals surface area contributed by atoms with Crippen molar-refractivity contribution < 1.29 is 13.9 Å². The van der Waals surface area contributed by atoms with Crippen LogP contribution in [0.4, 0.5) is 4.39 Å². The van der Waals surface area contributed by atoms with Crippen molar-refractivity contribution in [3.05, 3.63) is 90.2 Å². The fourth-order valence-corrected chi connectivity index (χ4v) is 3.73. The Hall–Kier alpha value is -3.98. The minimum absolute atomic E-state index is 0.0916. The van der Waals surface area contributed by atoms with Gasteiger partial charge in [0.05, 0.1) is 19.1 Å². The predicted molar refractivity (Wildman–Crippen MR) is 126 cm³/mol. The average Bonchev–Trinajstić information content (AvgIpc) is 3.28. The number of nitrogens with one attached hydrogen (secondary N) is 1. The minimum atomic E-state index is -0.330. The highest BCUT2D eigenvalue weighted by Gasteiger charge is 2.17. The second-order valence-corrected chi connectivity index (χ2v) is 7.78. The van der Waals surface area contributed by atoms with E-state index in [9.17, 15) is 9.18 Å². The number of hydrazone groups is 1. The second kappa shape index (κ2) is 10.6. The molecule has 0 bridgehead atoms. The van der Waals surface area contributed by atoms with Crippen molar-refractivity contribution in [2.75, 3.05) is 12.9 Å². The summed E-state index contributed by atoms with van der Waals surface area (Å²) in [7, 11) is 1.62. The molecule has 0 aliphatic heterocycles. The number of aromatic nitrogens is 3. The van der Waals surface area contributed by atoms with Crippen molar-refractivity contribution in [2.45, 2.75) is 5.16 Å². The van der Waals surface area contributed by atoms with Crippen LogP contribution in [-0.2, 0) is 4.79 Å². The van der Waals surface area contributed by atoms with E-state index in [2.05, 4.69) is 20.7 Å². The molecule has 0 spiro atoms. The van der Waals surface area contributed by atoms with Crippen LogP contribution in [0, 0.1) is 5.82 Å². The highest BCUT2D eigenvalue weighted by Crippen LogP contribution is 2.28. The van der Waals surface area contributed by atoms with E-state index in [1.165, 1.54) is 30.1 Å². The number of ether oxygens (including phenoxy) is 1. The van der Waals surface area contributed by atoms with Gasteiger partial charge in [0, 0.05) is 11.3 Å². The summed E-state index contributed by atoms with van der Waals surface area (Å²) in [5, 5.41) is 13.2. The molecule has 0 radical (unpaired) electrons. The van der Waals surface area contributed by atoms with Crippen molar-refractivity contribution in [2.24, 2.45) is 5.10 Å². The van der Waals surface area contributed by atoms with Crippen LogP contribution in [-0.4, -0.2) is 39.7 Å². The smallest absolute Gasteiger partial charge is 0.250 e. The van der Waals surface area contributed by atoms with Crippen molar-refractivity contribution in [1.82, 2.24) is 20.2 Å². The molecule has 1 amide bonds. The lowest BCUT2D eigenvalue weighted by Crippen LogP contribution is -2.20. The molecule has 166 valence electrons. The molecule has 0 aliphatic rings. The summed E-state index contributed by atoms with van der Waals surface area (Å²) in [6.45, 7) is 0. The van der Waals surface area contributed by atoms with Gasteiger partial charge in [0.1, 0.15) is 11.6 Å². The number of carbonyl (C=O) groups excluding carboxylic acids is 1. The first-order valence-corrected chi connectivity index (χ1v) is 11.0. The van der Waals surface area contributed by atoms with Crippen LogP contribution in [0.2, 0.25) is 0 Å². The zero-order valence-corrected chi connectivity index (χ0v) is 18.5. The van der Waals surface area contributed by atoms with Gasteiger partial charge in [-0.05, 0) is 54.1 Å². The summed E-state index contributed by atoms with van der Waals surface area (Å²) >= 11 is 1.25. The monoisotopic (exact) mass is 461 g/mol. The quantitative estimate of drug-likeness (QED) is 0.240. The average molecular weight is 462 g/mol. The number of carbonyl (C=O) groups is 1. The summed E-state index contributed by atoms with van der Waals surface area (Å²) in [6.07, 6.45) is 1.45. The van der Waals surface area contributed by atoms with E-state index in [0.717, 1.165) is 17.0 Å². The minimum Gasteiger partial charge on any atom is -0.497 e. The lowest BCUT2D eigenvalue weighted by atomic mass is 10.2. The molecule has 0 saturated heterocycles. The number of hydrogen-bond acceptors (Lipinski definition) is 6. The SMILES string of the molecule is COc1ccc(-c2nnc(SCC(=O)N/N=C\c3ccc(F)cc3)n2-c2ccccc2)cc1. The number of rotatable bonds is 8. The summed E-state index contributed by atoms with van der Waals surface area (Å²) < 4.78 is 20.1. The van der Waals surface area contributed by atoms with Crippen LogP contribution >= 0.6 is 11.8 Å². The van der Waals surface area contributed by atoms with Crippen LogP contribution < -0.4 is 10.2 Å². The lowest BCUT2D eigenvalue weighted by Gasteiger charge is -2.10. The van der Waals surface area contributed by atoms with Gasteiger partial charge in [-0.1, -0.05) is 42.1 Å². The van der Waals surface area contributed by atoms with E-state index in [1.54, 1.807) is 19.2 Å². The maximum Gasteiger partial charge on any atom is 0.250 e. The molecule has 1 N–H and O–H groups in total. The first kappa shape index (κ1) is 22.2. The highest BCUT2D eigenvalue weighted by atomic mass is 32.2. The van der Waals surface area contributed by atoms with Gasteiger partial charge in [-0.3, -0.25) is 9.36 Å². The second-order valence-electron chi connectivity index (χ2n) is 6.84. The Balaban J connectivity index is 1.49. The largest absolute Gasteiger partial charge is 0.497 e. The molecule has 0 atom stereocenters. The van der Waals surface area contributed by atoms with Gasteiger partial charge in [-0.15, -0.1) is 10.2 Å². The van der Waals surface area contributed by atoms with E-state index < -0.39 is 0 Å². The molecule has 7 nitrogen and oxygen atoms in total. The van der Waals surface area contributed by atoms with E-state index in [0.29, 0.717) is 16.5 Å². The molecule has 0 saturated carbocycles. The first-order valence-electron chi connectivity index (χ1n) is 9.99. The summed E-state index contributed by atoms with van der Waals surface area (Å²) in [5.74, 6) is 0.864. The zero-order valence-electron chi connectivity index (χ0n) is 17.7. The third-order valence-corrected chi connectivity index (χ3v) is 5.53. The Labute approximate surface area is 194 Å². The number of thioether (sulfide) groups is 1. The van der Waals surface area contributed by atoms with Crippen LogP contribution in [0.25, 0.3) is 17.1 Å². The Morgan fingerprint density at radius 2 is 1.79 bits per heavy atom. The molecular weight excluding hydrogens is 441 g/mol. The fraction of sp³-hybridized carbons (Fsp3) is 0.0833. The van der Waals surface area contributed by atoms with Gasteiger partial charge in [0.2, 0.25) is 0 Å². The summed E-state index contributed by atoms with van der Waals surface area (Å²) in [6, 6.07) is 23.0. The van der Waals surface area contributed by atoms with Gasteiger partial charge in [-0.25, -0.2) is 9.82 Å². The third-order valence-electron chi connectivity index (χ3n) is 4.60. The topological polar surface area (TPSA) is 81.4 Å². The van der Waals surface area contributed by atoms with Crippen molar-refractivity contribution >= 4 is 23.9 Å². The van der Waals surface area contributed by atoms with Crippen LogP contribution in [0.1, 0.15) is 5.56 Å². The number of para-hydroxylation sites is 1. The number of halogens is 1. The summed E-state index contributed by atoms with van der Waals surface area (Å²) in [5.41, 5.74) is 4.90. The van der Waals surface area contributed by atoms with Crippen molar-refractivity contribution in [1.29, 1.82) is 0 Å². The standard InChI is InChI=1S/C24H20FN5O2S/c1-32-21-13-9-18(10-14-21)23-28-29-24(30(23)20-5-3-2-4-6-20)33-16-22(31)27-26-15-17-7-11-19(25)12-8-17/h2-15H,16H2,1H3,(H,27,31)/b26-15-. The third kappa shape index (κ3) is 5.64. The Kier molecular flexibility index (Phi) is 7.11. The number of methoxy groups -OCH3 is 1. The summed E-state index contributed by atoms with van der Waals surface area (Å²) in [4.78, 5) is 12.3. The Morgan fingerprint density at radius 1 is 1.06 bits per heavy atom. The maximum atomic E-state index is 13.0. The number of benzene rings is 3. The number of hydrogen-bond donors (Lipinski definition) is 1. The normalized spacial score (nSPS) is 11.0. The van der Waals surface area contributed by atoms with Crippen LogP contribution in [0.15, 0.2) is 89.1 Å². The van der Waals surface area contributed by atoms with E-state index >= 15 is 0 Å². The molecular formula is C24H20FN5O2S. The van der Waals surface area contributed by atoms with Gasteiger partial charge in [-0.2, -0.15) is 5.10 Å². The van der Waals surface area contributed by atoms with Gasteiger partial charge in [0.15, 0.2) is 11.0 Å².